The van der Waals surface area contributed by atoms with Crippen LogP contribution in [-0.4, -0.2) is 23.6 Å². The minimum absolute atomic E-state index is 0.440. The molecule has 0 aromatic rings. The average molecular weight is 197 g/mol. The van der Waals surface area contributed by atoms with Crippen LogP contribution >= 0.6 is 23.4 Å². The molecule has 4 nitrogen and oxygen atoms in total. The van der Waals surface area contributed by atoms with Crippen LogP contribution in [0.25, 0.3) is 0 Å². The molecule has 0 unspecified atom stereocenters. The summed E-state index contributed by atoms with van der Waals surface area (Å²) in [6.45, 7) is 0.544. The lowest BCUT2D eigenvalue weighted by Crippen LogP contribution is -2.14. The van der Waals surface area contributed by atoms with Gasteiger partial charge in [0.2, 0.25) is 0 Å². The zero-order valence-corrected chi connectivity index (χ0v) is 7.61. The molecule has 6 heteroatoms. The van der Waals surface area contributed by atoms with Gasteiger partial charge in [0.15, 0.2) is 0 Å². The van der Waals surface area contributed by atoms with Gasteiger partial charge in [0, 0.05) is 12.4 Å². The quantitative estimate of drug-likeness (QED) is 0.409. The third-order valence-electron chi connectivity index (χ3n) is 0.836. The van der Waals surface area contributed by atoms with Gasteiger partial charge in [-0.1, -0.05) is 0 Å². The van der Waals surface area contributed by atoms with Crippen molar-refractivity contribution < 1.29 is 4.92 Å². The summed E-state index contributed by atoms with van der Waals surface area (Å²) >= 11 is 6.66. The van der Waals surface area contributed by atoms with Crippen LogP contribution < -0.4 is 5.32 Å². The number of halogens is 1. The van der Waals surface area contributed by atoms with E-state index < -0.39 is 4.92 Å². The Labute approximate surface area is 74.1 Å². The molecule has 0 fully saturated rings. The lowest BCUT2D eigenvalue weighted by molar-refractivity contribution is -0.403. The molecule has 0 aromatic heterocycles. The van der Waals surface area contributed by atoms with Gasteiger partial charge in [0.1, 0.15) is 5.03 Å². The van der Waals surface area contributed by atoms with Crippen molar-refractivity contribution in [1.29, 1.82) is 0 Å². The predicted molar refractivity (Wildman–Crippen MR) is 47.3 cm³/mol. The largest absolute Gasteiger partial charge is 0.374 e. The second-order valence-corrected chi connectivity index (χ2v) is 2.82. The highest BCUT2D eigenvalue weighted by molar-refractivity contribution is 8.02. The van der Waals surface area contributed by atoms with Crippen molar-refractivity contribution in [3.05, 3.63) is 21.3 Å². The van der Waals surface area contributed by atoms with Crippen molar-refractivity contribution in [2.45, 2.75) is 0 Å². The van der Waals surface area contributed by atoms with Gasteiger partial charge in [-0.3, -0.25) is 10.1 Å². The van der Waals surface area contributed by atoms with E-state index in [-0.39, 0.29) is 0 Å². The van der Waals surface area contributed by atoms with Crippen LogP contribution in [0, 0.1) is 10.1 Å². The van der Waals surface area contributed by atoms with E-state index in [1.807, 2.05) is 0 Å². The molecule has 64 valence electrons. The molecule has 0 saturated heterocycles. The number of nitro groups is 1. The lowest BCUT2D eigenvalue weighted by Gasteiger charge is -2.01. The van der Waals surface area contributed by atoms with Gasteiger partial charge in [-0.25, -0.2) is 0 Å². The number of hydrogen-bond acceptors (Lipinski definition) is 4. The van der Waals surface area contributed by atoms with Crippen molar-refractivity contribution >= 4 is 23.4 Å². The number of hydrogen-bond donors (Lipinski definition) is 1. The van der Waals surface area contributed by atoms with Gasteiger partial charge in [0.05, 0.1) is 4.92 Å². The van der Waals surface area contributed by atoms with E-state index in [0.29, 0.717) is 17.5 Å². The van der Waals surface area contributed by atoms with Crippen molar-refractivity contribution in [3.63, 3.8) is 0 Å². The Hall–Kier alpha value is -0.420. The Morgan fingerprint density at radius 2 is 2.55 bits per heavy atom. The van der Waals surface area contributed by atoms with E-state index in [2.05, 4.69) is 5.32 Å². The first kappa shape index (κ1) is 10.6. The van der Waals surface area contributed by atoms with Crippen LogP contribution in [0.2, 0.25) is 0 Å². The van der Waals surface area contributed by atoms with Crippen molar-refractivity contribution in [2.75, 3.05) is 18.7 Å². The fourth-order valence-corrected chi connectivity index (χ4v) is 0.969. The summed E-state index contributed by atoms with van der Waals surface area (Å²) < 4.78 is 0. The Morgan fingerprint density at radius 1 is 1.91 bits per heavy atom. The van der Waals surface area contributed by atoms with Crippen LogP contribution in [0.15, 0.2) is 11.2 Å². The van der Waals surface area contributed by atoms with Crippen molar-refractivity contribution in [3.8, 4) is 0 Å². The summed E-state index contributed by atoms with van der Waals surface area (Å²) in [7, 11) is 0. The fourth-order valence-electron chi connectivity index (χ4n) is 0.437. The summed E-state index contributed by atoms with van der Waals surface area (Å²) in [5, 5.41) is 13.3. The van der Waals surface area contributed by atoms with E-state index >= 15 is 0 Å². The first-order valence-corrected chi connectivity index (χ1v) is 4.65. The van der Waals surface area contributed by atoms with Gasteiger partial charge in [-0.05, 0) is 6.26 Å². The Kier molecular flexibility index (Phi) is 6.06. The maximum atomic E-state index is 9.97. The Morgan fingerprint density at radius 3 is 2.91 bits per heavy atom. The van der Waals surface area contributed by atoms with E-state index in [1.165, 1.54) is 11.8 Å². The highest BCUT2D eigenvalue weighted by atomic mass is 35.5. The lowest BCUT2D eigenvalue weighted by atomic mass is 10.7. The first-order valence-electron chi connectivity index (χ1n) is 2.90. The molecular formula is C5H9ClN2O2S. The van der Waals surface area contributed by atoms with E-state index in [0.717, 1.165) is 6.20 Å². The molecule has 0 saturated carbocycles. The van der Waals surface area contributed by atoms with Crippen LogP contribution in [0.3, 0.4) is 0 Å². The van der Waals surface area contributed by atoms with Crippen LogP contribution in [-0.2, 0) is 0 Å². The number of nitrogens with one attached hydrogen (secondary N) is 1. The summed E-state index contributed by atoms with van der Waals surface area (Å²) in [6.07, 6.45) is 2.69. The SMILES string of the molecule is CS/C(=C\[N+](=O)[O-])NCCCl. The second kappa shape index (κ2) is 6.30. The van der Waals surface area contributed by atoms with Crippen LogP contribution in [0.5, 0.6) is 0 Å². The molecule has 11 heavy (non-hydrogen) atoms. The molecule has 0 aliphatic heterocycles. The first-order chi connectivity index (χ1) is 5.20. The fraction of sp³-hybridized carbons (Fsp3) is 0.600. The monoisotopic (exact) mass is 196 g/mol. The molecule has 0 amide bonds. The van der Waals surface area contributed by atoms with Crippen molar-refractivity contribution in [1.82, 2.24) is 5.32 Å². The molecular weight excluding hydrogens is 188 g/mol. The molecule has 0 rings (SSSR count). The van der Waals surface area contributed by atoms with Crippen LogP contribution in [0.1, 0.15) is 0 Å². The second-order valence-electron chi connectivity index (χ2n) is 1.60. The molecule has 0 aliphatic rings. The summed E-state index contributed by atoms with van der Waals surface area (Å²) in [5.74, 6) is 0.440. The maximum absolute atomic E-state index is 9.97. The molecule has 0 aromatic carbocycles. The van der Waals surface area contributed by atoms with E-state index in [1.54, 1.807) is 6.26 Å². The minimum Gasteiger partial charge on any atom is -0.374 e. The topological polar surface area (TPSA) is 55.2 Å². The van der Waals surface area contributed by atoms with E-state index in [9.17, 15) is 10.1 Å². The van der Waals surface area contributed by atoms with Gasteiger partial charge in [-0.15, -0.1) is 23.4 Å². The summed E-state index contributed by atoms with van der Waals surface area (Å²) in [5.41, 5.74) is 0. The van der Waals surface area contributed by atoms with Gasteiger partial charge in [0.25, 0.3) is 6.20 Å². The Bertz CT molecular complexity index is 163. The molecule has 0 heterocycles. The highest BCUT2D eigenvalue weighted by Crippen LogP contribution is 2.06. The molecule has 0 bridgehead atoms. The third-order valence-corrected chi connectivity index (χ3v) is 1.71. The number of thioether (sulfide) groups is 1. The number of rotatable bonds is 5. The van der Waals surface area contributed by atoms with E-state index in [4.69, 9.17) is 11.6 Å². The third kappa shape index (κ3) is 6.00. The van der Waals surface area contributed by atoms with Gasteiger partial charge >= 0.3 is 0 Å². The molecule has 1 N–H and O–H groups in total. The molecule has 0 radical (unpaired) electrons. The number of alkyl halides is 1. The normalized spacial score (nSPS) is 11.3. The molecule has 0 atom stereocenters. The standard InChI is InChI=1S/C5H9ClN2O2S/c1-11-5(4-8(9)10)7-3-2-6/h4,7H,2-3H2,1H3/b5-4-. The molecule has 0 spiro atoms. The highest BCUT2D eigenvalue weighted by Gasteiger charge is 1.98. The summed E-state index contributed by atoms with van der Waals surface area (Å²) in [4.78, 5) is 9.48. The minimum atomic E-state index is -0.493. The van der Waals surface area contributed by atoms with Gasteiger partial charge in [-0.2, -0.15) is 0 Å². The number of nitrogens with zero attached hydrogens (tertiary/aromatic N) is 1. The molecule has 0 aliphatic carbocycles. The smallest absolute Gasteiger partial charge is 0.263 e. The Balaban J connectivity index is 3.84. The predicted octanol–water partition coefficient (Wildman–Crippen LogP) is 1.25. The maximum Gasteiger partial charge on any atom is 0.263 e. The average Bonchev–Trinajstić information content (AvgIpc) is 1.97. The van der Waals surface area contributed by atoms with Crippen molar-refractivity contribution in [2.24, 2.45) is 0 Å². The zero-order chi connectivity index (χ0) is 8.69. The zero-order valence-electron chi connectivity index (χ0n) is 6.04. The van der Waals surface area contributed by atoms with Gasteiger partial charge < -0.3 is 5.32 Å². The van der Waals surface area contributed by atoms with Crippen LogP contribution in [0.4, 0.5) is 0 Å². The summed E-state index contributed by atoms with van der Waals surface area (Å²) in [6, 6.07) is 0.